The predicted molar refractivity (Wildman–Crippen MR) is 231 cm³/mol. The Kier molecular flexibility index (Phi) is 6.53. The molecule has 12 rings (SSSR count). The van der Waals surface area contributed by atoms with Gasteiger partial charge in [0.25, 0.3) is 0 Å². The van der Waals surface area contributed by atoms with Gasteiger partial charge in [0.05, 0.1) is 27.3 Å². The van der Waals surface area contributed by atoms with E-state index in [1.807, 2.05) is 0 Å². The van der Waals surface area contributed by atoms with Crippen LogP contribution in [0.1, 0.15) is 22.2 Å². The van der Waals surface area contributed by atoms with E-state index < -0.39 is 0 Å². The van der Waals surface area contributed by atoms with Crippen molar-refractivity contribution in [1.82, 2.24) is 4.57 Å². The highest BCUT2D eigenvalue weighted by Gasteiger charge is 2.29. The van der Waals surface area contributed by atoms with Crippen LogP contribution in [0.25, 0.3) is 81.4 Å². The van der Waals surface area contributed by atoms with Crippen LogP contribution in [0, 0.1) is 0 Å². The molecule has 0 spiro atoms. The summed E-state index contributed by atoms with van der Waals surface area (Å²) in [5, 5.41) is 12.2. The molecule has 1 N–H and O–H groups in total. The molecule has 5 heteroatoms. The Morgan fingerprint density at radius 2 is 1.24 bits per heavy atom. The minimum Gasteiger partial charge on any atom is -0.456 e. The summed E-state index contributed by atoms with van der Waals surface area (Å²) >= 11 is 1.80. The fraction of sp³-hybridized carbons (Fsp3) is 0.0200. The van der Waals surface area contributed by atoms with E-state index in [0.29, 0.717) is 0 Å². The molecule has 0 bridgehead atoms. The van der Waals surface area contributed by atoms with E-state index >= 15 is 0 Å². The fourth-order valence-corrected chi connectivity index (χ4v) is 10.0. The quantitative estimate of drug-likeness (QED) is 0.197. The van der Waals surface area contributed by atoms with E-state index in [1.54, 1.807) is 11.3 Å². The van der Waals surface area contributed by atoms with Gasteiger partial charge in [-0.15, -0.1) is 11.3 Å². The van der Waals surface area contributed by atoms with Crippen LogP contribution in [-0.4, -0.2) is 10.3 Å². The minimum atomic E-state index is -0.318. The zero-order chi connectivity index (χ0) is 36.0. The lowest BCUT2D eigenvalue weighted by atomic mass is 9.95. The molecule has 4 nitrogen and oxygen atoms in total. The van der Waals surface area contributed by atoms with Crippen molar-refractivity contribution in [2.75, 3.05) is 5.32 Å². The summed E-state index contributed by atoms with van der Waals surface area (Å²) in [5.41, 5.74) is 11.9. The van der Waals surface area contributed by atoms with E-state index in [-0.39, 0.29) is 6.17 Å². The van der Waals surface area contributed by atoms with Gasteiger partial charge in [0, 0.05) is 48.4 Å². The van der Waals surface area contributed by atoms with Crippen molar-refractivity contribution in [3.05, 3.63) is 192 Å². The molecule has 258 valence electrons. The first kappa shape index (κ1) is 30.5. The number of aliphatic imine (C=N–C) groups is 1. The van der Waals surface area contributed by atoms with Gasteiger partial charge in [-0.25, -0.2) is 0 Å². The van der Waals surface area contributed by atoms with Crippen LogP contribution >= 0.6 is 11.3 Å². The number of para-hydroxylation sites is 1. The van der Waals surface area contributed by atoms with E-state index in [0.717, 1.165) is 50.2 Å². The third kappa shape index (κ3) is 4.54. The van der Waals surface area contributed by atoms with Crippen LogP contribution in [0.4, 0.5) is 5.69 Å². The van der Waals surface area contributed by atoms with Gasteiger partial charge in [-0.1, -0.05) is 133 Å². The third-order valence-corrected chi connectivity index (χ3v) is 12.4. The highest BCUT2D eigenvalue weighted by atomic mass is 32.1. The predicted octanol–water partition coefficient (Wildman–Crippen LogP) is 13.7. The number of rotatable bonds is 4. The van der Waals surface area contributed by atoms with Crippen molar-refractivity contribution in [1.29, 1.82) is 0 Å². The van der Waals surface area contributed by atoms with Crippen LogP contribution in [0.2, 0.25) is 0 Å². The van der Waals surface area contributed by atoms with Gasteiger partial charge in [-0.3, -0.25) is 4.99 Å². The molecule has 3 aromatic heterocycles. The SMILES string of the molecule is c1ccc(C2=NC(c3cccc4oc5ccc(-n6c7ccccc7c7c8ccccc8c(-c8ccccc8)cc76)cc5c34)Nc3c2sc2ccccc32)cc1. The number of fused-ring (bicyclic) bond motifs is 11. The van der Waals surface area contributed by atoms with Crippen molar-refractivity contribution in [3.8, 4) is 16.8 Å². The first-order valence-corrected chi connectivity index (χ1v) is 19.5. The van der Waals surface area contributed by atoms with Gasteiger partial charge in [0.1, 0.15) is 17.3 Å². The summed E-state index contributed by atoms with van der Waals surface area (Å²) in [5.74, 6) is 0. The largest absolute Gasteiger partial charge is 0.456 e. The van der Waals surface area contributed by atoms with E-state index in [2.05, 4.69) is 186 Å². The first-order chi connectivity index (χ1) is 27.3. The maximum atomic E-state index is 6.62. The van der Waals surface area contributed by atoms with E-state index in [9.17, 15) is 0 Å². The lowest BCUT2D eigenvalue weighted by molar-refractivity contribution is 0.668. The van der Waals surface area contributed by atoms with E-state index in [1.165, 1.54) is 58.7 Å². The molecule has 1 unspecified atom stereocenters. The maximum absolute atomic E-state index is 6.62. The average Bonchev–Trinajstić information content (AvgIpc) is 3.93. The summed E-state index contributed by atoms with van der Waals surface area (Å²) < 4.78 is 10.3. The second kappa shape index (κ2) is 11.8. The molecular formula is C50H31N3OS. The molecule has 11 aromatic rings. The highest BCUT2D eigenvalue weighted by molar-refractivity contribution is 7.22. The molecule has 0 aliphatic carbocycles. The minimum absolute atomic E-state index is 0.318. The Morgan fingerprint density at radius 1 is 0.527 bits per heavy atom. The van der Waals surface area contributed by atoms with Gasteiger partial charge in [0.2, 0.25) is 0 Å². The van der Waals surface area contributed by atoms with Crippen molar-refractivity contribution < 1.29 is 4.42 Å². The number of hydrogen-bond donors (Lipinski definition) is 1. The summed E-state index contributed by atoms with van der Waals surface area (Å²) in [4.78, 5) is 6.66. The number of nitrogens with zero attached hydrogens (tertiary/aromatic N) is 2. The lowest BCUT2D eigenvalue weighted by Crippen LogP contribution is -2.19. The van der Waals surface area contributed by atoms with Crippen molar-refractivity contribution in [3.63, 3.8) is 0 Å². The summed E-state index contributed by atoms with van der Waals surface area (Å²) in [6.07, 6.45) is -0.318. The molecule has 8 aromatic carbocycles. The number of anilines is 1. The Hall–Kier alpha value is -6.95. The molecule has 0 radical (unpaired) electrons. The van der Waals surface area contributed by atoms with Gasteiger partial charge < -0.3 is 14.3 Å². The molecule has 0 fully saturated rings. The molecule has 0 saturated carbocycles. The number of aromatic nitrogens is 1. The van der Waals surface area contributed by atoms with Gasteiger partial charge >= 0.3 is 0 Å². The van der Waals surface area contributed by atoms with Crippen LogP contribution in [-0.2, 0) is 0 Å². The molecule has 1 aliphatic heterocycles. The molecular weight excluding hydrogens is 691 g/mol. The standard InChI is InChI=1S/C50H31N3OS/c1-3-14-30(15-4-1)38-29-41-45(34-19-8-7-18-33(34)38)35-20-9-11-23-40(35)53(41)32-26-27-42-39(28-32)46-37(22-13-24-43(46)54-42)50-51-47(31-16-5-2-6-17-31)49-48(52-50)36-21-10-12-25-44(36)55-49/h1-29,50,52H. The van der Waals surface area contributed by atoms with Crippen LogP contribution in [0.15, 0.2) is 185 Å². The molecule has 0 saturated heterocycles. The summed E-state index contributed by atoms with van der Waals surface area (Å²) in [6, 6.07) is 62.9. The topological polar surface area (TPSA) is 42.5 Å². The van der Waals surface area contributed by atoms with Gasteiger partial charge in [0.15, 0.2) is 0 Å². The molecule has 4 heterocycles. The zero-order valence-electron chi connectivity index (χ0n) is 29.5. The molecule has 55 heavy (non-hydrogen) atoms. The smallest absolute Gasteiger partial charge is 0.146 e. The third-order valence-electron chi connectivity index (χ3n) is 11.2. The average molecular weight is 722 g/mol. The normalized spacial score (nSPS) is 14.3. The summed E-state index contributed by atoms with van der Waals surface area (Å²) in [6.45, 7) is 0. The molecule has 1 aliphatic rings. The van der Waals surface area contributed by atoms with Gasteiger partial charge in [-0.05, 0) is 64.4 Å². The maximum Gasteiger partial charge on any atom is 0.146 e. The fourth-order valence-electron chi connectivity index (χ4n) is 8.83. The van der Waals surface area contributed by atoms with Crippen molar-refractivity contribution in [2.24, 2.45) is 4.99 Å². The Bertz CT molecular complexity index is 3350. The number of nitrogens with one attached hydrogen (secondary N) is 1. The Balaban J connectivity index is 1.11. The summed E-state index contributed by atoms with van der Waals surface area (Å²) in [7, 11) is 0. The lowest BCUT2D eigenvalue weighted by Gasteiger charge is -2.25. The first-order valence-electron chi connectivity index (χ1n) is 18.7. The van der Waals surface area contributed by atoms with Crippen LogP contribution in [0.5, 0.6) is 0 Å². The number of thiophene rings is 1. The van der Waals surface area contributed by atoms with Crippen LogP contribution < -0.4 is 5.32 Å². The number of furan rings is 1. The number of benzene rings is 8. The second-order valence-electron chi connectivity index (χ2n) is 14.3. The van der Waals surface area contributed by atoms with Crippen molar-refractivity contribution >= 4 is 87.3 Å². The highest BCUT2D eigenvalue weighted by Crippen LogP contribution is 2.46. The van der Waals surface area contributed by atoms with Crippen molar-refractivity contribution in [2.45, 2.75) is 6.17 Å². The Morgan fingerprint density at radius 3 is 2.07 bits per heavy atom. The number of hydrogen-bond acceptors (Lipinski definition) is 4. The monoisotopic (exact) mass is 721 g/mol. The molecule has 1 atom stereocenters. The van der Waals surface area contributed by atoms with Gasteiger partial charge in [-0.2, -0.15) is 0 Å². The van der Waals surface area contributed by atoms with Crippen LogP contribution in [0.3, 0.4) is 0 Å². The second-order valence-corrected chi connectivity index (χ2v) is 15.3. The van der Waals surface area contributed by atoms with E-state index in [4.69, 9.17) is 9.41 Å². The Labute approximate surface area is 320 Å². The zero-order valence-corrected chi connectivity index (χ0v) is 30.3. The molecule has 0 amide bonds.